The monoisotopic (exact) mass is 465 g/mol. The predicted octanol–water partition coefficient (Wildman–Crippen LogP) is 3.73. The zero-order valence-corrected chi connectivity index (χ0v) is 16.6. The van der Waals surface area contributed by atoms with Crippen LogP contribution in [0.15, 0.2) is 65.6 Å². The molecule has 2 aromatic carbocycles. The third-order valence-electron chi connectivity index (χ3n) is 3.32. The van der Waals surface area contributed by atoms with E-state index in [2.05, 4.69) is 0 Å². The first-order valence-corrected chi connectivity index (χ1v) is 10.4. The van der Waals surface area contributed by atoms with Crippen molar-refractivity contribution in [1.29, 1.82) is 0 Å². The number of alkyl halides is 3. The van der Waals surface area contributed by atoms with Crippen LogP contribution in [0.1, 0.15) is 0 Å². The number of ether oxygens (including phenoxy) is 1. The number of hydrogen-bond donors (Lipinski definition) is 2. The Balaban J connectivity index is 2.41. The second-order valence-electron chi connectivity index (χ2n) is 5.62. The van der Waals surface area contributed by atoms with Crippen LogP contribution in [0.5, 0.6) is 5.75 Å². The van der Waals surface area contributed by atoms with E-state index in [9.17, 15) is 32.2 Å². The van der Waals surface area contributed by atoms with Crippen LogP contribution in [-0.2, 0) is 18.1 Å². The maximum atomic E-state index is 13.0. The minimum atomic E-state index is -5.53. The lowest BCUT2D eigenvalue weighted by molar-refractivity contribution is -0.191. The van der Waals surface area contributed by atoms with Gasteiger partial charge in [-0.3, -0.25) is 19.1 Å². The summed E-state index contributed by atoms with van der Waals surface area (Å²) < 4.78 is 61.8. The van der Waals surface area contributed by atoms with Crippen molar-refractivity contribution in [3.05, 3.63) is 60.7 Å². The highest BCUT2D eigenvalue weighted by Gasteiger charge is 2.52. The lowest BCUT2D eigenvalue weighted by Crippen LogP contribution is -2.51. The Labute approximate surface area is 173 Å². The third-order valence-corrected chi connectivity index (χ3v) is 5.88. The van der Waals surface area contributed by atoms with E-state index in [0.717, 1.165) is 0 Å². The van der Waals surface area contributed by atoms with Gasteiger partial charge in [-0.05, 0) is 24.3 Å². The Morgan fingerprint density at radius 2 is 1.60 bits per heavy atom. The molecule has 0 aromatic heterocycles. The molecule has 0 saturated heterocycles. The Kier molecular flexibility index (Phi) is 7.90. The molecule has 1 amide bonds. The molecule has 162 valence electrons. The van der Waals surface area contributed by atoms with Crippen molar-refractivity contribution < 1.29 is 46.0 Å². The maximum Gasteiger partial charge on any atom is 0.471 e. The average molecular weight is 465 g/mol. The summed E-state index contributed by atoms with van der Waals surface area (Å²) in [6.07, 6.45) is -5.53. The Hall–Kier alpha value is -2.53. The predicted molar refractivity (Wildman–Crippen MR) is 99.5 cm³/mol. The highest BCUT2D eigenvalue weighted by molar-refractivity contribution is 7.98. The van der Waals surface area contributed by atoms with Crippen LogP contribution in [0, 0.1) is 0 Å². The lowest BCUT2D eigenvalue weighted by Gasteiger charge is -2.32. The Bertz CT molecular complexity index is 915. The van der Waals surface area contributed by atoms with Crippen LogP contribution in [-0.4, -0.2) is 45.5 Å². The van der Waals surface area contributed by atoms with Gasteiger partial charge in [0.1, 0.15) is 12.3 Å². The van der Waals surface area contributed by atoms with Crippen LogP contribution in [0.3, 0.4) is 0 Å². The van der Waals surface area contributed by atoms with E-state index in [-0.39, 0.29) is 5.75 Å². The number of para-hydroxylation sites is 1. The molecule has 0 heterocycles. The van der Waals surface area contributed by atoms with Crippen molar-refractivity contribution in [2.75, 3.05) is 6.54 Å². The molecule has 0 aliphatic heterocycles. The quantitative estimate of drug-likeness (QED) is 0.327. The highest BCUT2D eigenvalue weighted by Crippen LogP contribution is 2.54. The Morgan fingerprint density at radius 1 is 1.07 bits per heavy atom. The zero-order valence-electron chi connectivity index (χ0n) is 14.9. The third kappa shape index (κ3) is 6.77. The molecule has 0 aliphatic carbocycles. The van der Waals surface area contributed by atoms with Crippen LogP contribution in [0.4, 0.5) is 13.2 Å². The van der Waals surface area contributed by atoms with Gasteiger partial charge >= 0.3 is 25.6 Å². The number of carbonyl (C=O) groups is 2. The molecule has 2 rings (SSSR count). The van der Waals surface area contributed by atoms with E-state index in [4.69, 9.17) is 13.8 Å². The fourth-order valence-electron chi connectivity index (χ4n) is 2.10. The molecular formula is C17H15F3NO7PS. The number of halogens is 3. The average Bonchev–Trinajstić information content (AvgIpc) is 2.69. The molecule has 2 aromatic rings. The fourth-order valence-corrected chi connectivity index (χ4v) is 4.22. The summed E-state index contributed by atoms with van der Waals surface area (Å²) in [6, 6.07) is 14.7. The number of carbonyl (C=O) groups excluding carboxylic acids is 1. The number of carboxylic acids is 1. The molecule has 30 heavy (non-hydrogen) atoms. The van der Waals surface area contributed by atoms with Crippen LogP contribution >= 0.6 is 19.6 Å². The molecule has 2 unspecified atom stereocenters. The van der Waals surface area contributed by atoms with Gasteiger partial charge in [0.25, 0.3) is 5.97 Å². The molecule has 2 N–H and O–H groups in total. The zero-order chi connectivity index (χ0) is 22.4. The maximum absolute atomic E-state index is 13.0. The summed E-state index contributed by atoms with van der Waals surface area (Å²) in [5.41, 5.74) is 0. The van der Waals surface area contributed by atoms with Gasteiger partial charge < -0.3 is 14.7 Å². The normalized spacial score (nSPS) is 14.4. The van der Waals surface area contributed by atoms with Gasteiger partial charge in [-0.15, -0.1) is 0 Å². The van der Waals surface area contributed by atoms with E-state index < -0.39 is 43.1 Å². The molecule has 0 aliphatic rings. The van der Waals surface area contributed by atoms with E-state index in [0.29, 0.717) is 16.9 Å². The Morgan fingerprint density at radius 3 is 2.10 bits per heavy atom. The number of hydrogen-bond acceptors (Lipinski definition) is 6. The van der Waals surface area contributed by atoms with Gasteiger partial charge in [-0.1, -0.05) is 36.4 Å². The van der Waals surface area contributed by atoms with Crippen LogP contribution in [0.25, 0.3) is 0 Å². The first kappa shape index (κ1) is 23.7. The lowest BCUT2D eigenvalue weighted by atomic mass is 10.3. The van der Waals surface area contributed by atoms with Crippen molar-refractivity contribution in [2.45, 2.75) is 17.0 Å². The minimum absolute atomic E-state index is 0.185. The number of benzene rings is 2. The van der Waals surface area contributed by atoms with E-state index >= 15 is 0 Å². The van der Waals surface area contributed by atoms with E-state index in [1.807, 2.05) is 0 Å². The second-order valence-corrected chi connectivity index (χ2v) is 8.42. The minimum Gasteiger partial charge on any atom is -0.480 e. The summed E-state index contributed by atoms with van der Waals surface area (Å²) in [7, 11) is -5.19. The SMILES string of the molecule is O=C(O)CN(C(=O)C(F)(F)F)C(Oc1ccccc1)P(=O)(O)OSc1ccccc1. The van der Waals surface area contributed by atoms with Gasteiger partial charge in [0.05, 0.1) is 0 Å². The van der Waals surface area contributed by atoms with E-state index in [1.54, 1.807) is 18.2 Å². The van der Waals surface area contributed by atoms with Crippen molar-refractivity contribution in [2.24, 2.45) is 0 Å². The molecule has 8 nitrogen and oxygen atoms in total. The first-order valence-electron chi connectivity index (χ1n) is 8.06. The van der Waals surface area contributed by atoms with Gasteiger partial charge in [0, 0.05) is 16.9 Å². The van der Waals surface area contributed by atoms with Crippen molar-refractivity contribution in [1.82, 2.24) is 4.90 Å². The molecule has 13 heteroatoms. The smallest absolute Gasteiger partial charge is 0.471 e. The van der Waals surface area contributed by atoms with Crippen LogP contribution in [0.2, 0.25) is 0 Å². The van der Waals surface area contributed by atoms with E-state index in [1.165, 1.54) is 42.5 Å². The molecule has 0 saturated carbocycles. The number of nitrogens with zero attached hydrogens (tertiary/aromatic N) is 1. The number of carboxylic acid groups (broad SMARTS) is 1. The molecule has 0 spiro atoms. The summed E-state index contributed by atoms with van der Waals surface area (Å²) in [5.74, 6) is -7.30. The summed E-state index contributed by atoms with van der Waals surface area (Å²) >= 11 is 0.362. The molecule has 2 atom stereocenters. The second kappa shape index (κ2) is 9.98. The molecule has 0 bridgehead atoms. The standard InChI is InChI=1S/C17H15F3NO7PS/c18-17(19,20)15(24)21(11-14(22)23)16(27-12-7-3-1-4-8-12)29(25,26)28-30-13-9-5-2-6-10-13/h1-10,16H,11H2,(H,22,23)(H,25,26). The summed E-state index contributed by atoms with van der Waals surface area (Å²) in [6.45, 7) is -1.56. The van der Waals surface area contributed by atoms with Gasteiger partial charge in [0.2, 0.25) is 0 Å². The highest BCUT2D eigenvalue weighted by atomic mass is 32.2. The van der Waals surface area contributed by atoms with Crippen molar-refractivity contribution in [3.63, 3.8) is 0 Å². The topological polar surface area (TPSA) is 113 Å². The molecular weight excluding hydrogens is 450 g/mol. The van der Waals surface area contributed by atoms with Gasteiger partial charge in [0.15, 0.2) is 0 Å². The first-order chi connectivity index (χ1) is 14.0. The summed E-state index contributed by atoms with van der Waals surface area (Å²) in [4.78, 5) is 33.1. The van der Waals surface area contributed by atoms with Crippen molar-refractivity contribution in [3.8, 4) is 5.75 Å². The number of amides is 1. The summed E-state index contributed by atoms with van der Waals surface area (Å²) in [5, 5.41) is 8.95. The number of aliphatic carboxylic acids is 1. The largest absolute Gasteiger partial charge is 0.480 e. The number of rotatable bonds is 9. The van der Waals surface area contributed by atoms with Gasteiger partial charge in [-0.25, -0.2) is 3.97 Å². The van der Waals surface area contributed by atoms with Crippen LogP contribution < -0.4 is 4.74 Å². The van der Waals surface area contributed by atoms with Gasteiger partial charge in [-0.2, -0.15) is 13.2 Å². The molecule has 0 radical (unpaired) electrons. The fraction of sp³-hybridized carbons (Fsp3) is 0.176. The van der Waals surface area contributed by atoms with Crippen molar-refractivity contribution >= 4 is 31.5 Å². The molecule has 0 fully saturated rings.